The van der Waals surface area contributed by atoms with Crippen molar-refractivity contribution >= 4 is 0 Å². The van der Waals surface area contributed by atoms with Gasteiger partial charge in [-0.3, -0.25) is 0 Å². The molecule has 0 aliphatic heterocycles. The summed E-state index contributed by atoms with van der Waals surface area (Å²) in [6, 6.07) is 0. The molecule has 0 spiro atoms. The summed E-state index contributed by atoms with van der Waals surface area (Å²) >= 11 is 0. The molecule has 0 fully saturated rings. The summed E-state index contributed by atoms with van der Waals surface area (Å²) in [5, 5.41) is 19.2. The summed E-state index contributed by atoms with van der Waals surface area (Å²) in [7, 11) is 1.29. The Morgan fingerprint density at radius 1 is 1.14 bits per heavy atom. The van der Waals surface area contributed by atoms with Crippen LogP contribution in [0.5, 0.6) is 0 Å². The molecule has 0 bridgehead atoms. The Balaban J connectivity index is -0.0000000321. The topological polar surface area (TPSA) is 64.6 Å². The smallest absolute Gasteiger partial charge is 0.617 e. The van der Waals surface area contributed by atoms with E-state index in [1.54, 1.807) is 6.92 Å². The fourth-order valence-corrected chi connectivity index (χ4v) is 0.161. The fourth-order valence-electron chi connectivity index (χ4n) is 0.161. The Labute approximate surface area is 110 Å². The molecule has 0 saturated heterocycles. The first-order valence-corrected chi connectivity index (χ1v) is 2.93. The number of ether oxygens (including phenoxy) is 2. The molecule has 0 aromatic heterocycles. The van der Waals surface area contributed by atoms with Crippen LogP contribution in [-0.4, -0.2) is 13.7 Å². The molecule has 0 N–H and O–H groups in total. The maximum atomic E-state index is 9.71. The van der Waals surface area contributed by atoms with E-state index in [-0.39, 0.29) is 45.1 Å². The molecule has 0 saturated carbocycles. The van der Waals surface area contributed by atoms with Gasteiger partial charge >= 0.3 is 37.7 Å². The van der Waals surface area contributed by atoms with Crippen molar-refractivity contribution in [1.29, 1.82) is 0 Å². The van der Waals surface area contributed by atoms with Gasteiger partial charge in [-0.2, -0.15) is 0 Å². The minimum atomic E-state index is -0.495. The van der Waals surface area contributed by atoms with Gasteiger partial charge in [0.2, 0.25) is 0 Å². The molecule has 74 valence electrons. The van der Waals surface area contributed by atoms with E-state index in [1.165, 1.54) is 7.11 Å². The molecule has 0 heterocycles. The number of rotatable bonds is 3. The molecular weight excluding hydrogens is 174 g/mol. The number of hydrogen-bond acceptors (Lipinski definition) is 4. The van der Waals surface area contributed by atoms with Crippen LogP contribution in [0, 0.1) is 0 Å². The largest absolute Gasteiger partial charge is 1.00 e. The van der Waals surface area contributed by atoms with E-state index in [0.29, 0.717) is 6.61 Å². The molecule has 0 amide bonds. The molecule has 0 rings (SSSR count). The predicted octanol–water partition coefficient (Wildman–Crippen LogP) is -6.04. The van der Waals surface area contributed by atoms with Gasteiger partial charge in [0, 0.05) is 11.9 Å². The fraction of sp³-hybridized carbons (Fsp3) is 0.500. The number of methoxy groups -OCH3 is 1. The van der Waals surface area contributed by atoms with Gasteiger partial charge in [0.25, 0.3) is 0 Å². The van der Waals surface area contributed by atoms with Gasteiger partial charge in [-0.05, 0) is 13.7 Å². The first kappa shape index (κ1) is 29.2. The molecule has 0 aliphatic carbocycles. The molecule has 14 heavy (non-hydrogen) atoms. The van der Waals surface area contributed by atoms with Gasteiger partial charge in [-0.25, -0.2) is 0 Å². The molecule has 0 aromatic carbocycles. The molecule has 4 nitrogen and oxygen atoms in total. The third-order valence-electron chi connectivity index (χ3n) is 0.533. The van der Waals surface area contributed by atoms with Gasteiger partial charge in [-0.1, -0.05) is 27.5 Å². The van der Waals surface area contributed by atoms with Crippen LogP contribution in [-0.2, 0) is 9.47 Å². The van der Waals surface area contributed by atoms with Crippen molar-refractivity contribution in [1.82, 2.24) is 0 Å². The Kier molecular flexibility index (Phi) is 48.1. The molecular formula is C8H16Li2O4. The monoisotopic (exact) mass is 190 g/mol. The molecule has 0 atom stereocenters. The summed E-state index contributed by atoms with van der Waals surface area (Å²) in [6.45, 7) is 8.02. The summed E-state index contributed by atoms with van der Waals surface area (Å²) in [5.41, 5.74) is 0. The zero-order valence-electron chi connectivity index (χ0n) is 8.75. The Bertz CT molecular complexity index is 129. The molecule has 6 heteroatoms. The normalized spacial score (nSPS) is 5.57. The van der Waals surface area contributed by atoms with Crippen molar-refractivity contribution in [3.63, 3.8) is 0 Å². The van der Waals surface area contributed by atoms with Crippen molar-refractivity contribution in [2.45, 2.75) is 14.4 Å². The zero-order chi connectivity index (χ0) is 9.28. The van der Waals surface area contributed by atoms with Crippen molar-refractivity contribution in [3.8, 4) is 0 Å². The zero-order valence-corrected chi connectivity index (χ0v) is 8.75. The second kappa shape index (κ2) is 23.1. The molecule has 0 aromatic rings. The Morgan fingerprint density at radius 2 is 1.43 bits per heavy atom. The maximum Gasteiger partial charge on any atom is 1.00 e. The minimum Gasteiger partial charge on any atom is -0.617 e. The maximum absolute atomic E-state index is 9.71. The second-order valence-corrected chi connectivity index (χ2v) is 1.38. The summed E-state index contributed by atoms with van der Waals surface area (Å²) in [6.07, 6.45) is 0. The molecule has 0 unspecified atom stereocenters. The van der Waals surface area contributed by atoms with Crippen molar-refractivity contribution in [2.24, 2.45) is 0 Å². The molecule has 0 aliphatic rings. The van der Waals surface area contributed by atoms with Gasteiger partial charge in [0.15, 0.2) is 0 Å². The van der Waals surface area contributed by atoms with Gasteiger partial charge in [0.1, 0.15) is 0 Å². The van der Waals surface area contributed by atoms with Crippen LogP contribution in [0.4, 0.5) is 0 Å². The summed E-state index contributed by atoms with van der Waals surface area (Å²) in [5.74, 6) is -0.956. The van der Waals surface area contributed by atoms with Crippen LogP contribution >= 0.6 is 0 Å². The van der Waals surface area contributed by atoms with Crippen LogP contribution in [0.2, 0.25) is 0 Å². The van der Waals surface area contributed by atoms with E-state index in [4.69, 9.17) is 0 Å². The van der Waals surface area contributed by atoms with E-state index in [0.717, 1.165) is 0 Å². The van der Waals surface area contributed by atoms with Gasteiger partial charge in [-0.15, -0.1) is 0 Å². The van der Waals surface area contributed by atoms with E-state index >= 15 is 0 Å². The van der Waals surface area contributed by atoms with Crippen LogP contribution in [0.1, 0.15) is 14.4 Å². The Hall–Kier alpha value is -0.125. The van der Waals surface area contributed by atoms with E-state index in [9.17, 15) is 10.2 Å². The van der Waals surface area contributed by atoms with Crippen LogP contribution in [0.25, 0.3) is 0 Å². The van der Waals surface area contributed by atoms with Gasteiger partial charge in [0.05, 0.1) is 0 Å². The van der Waals surface area contributed by atoms with Crippen LogP contribution in [0.15, 0.2) is 25.0 Å². The first-order chi connectivity index (χ1) is 5.04. The molecule has 0 radical (unpaired) electrons. The average Bonchev–Trinajstić information content (AvgIpc) is 1.89. The summed E-state index contributed by atoms with van der Waals surface area (Å²) < 4.78 is 8.29. The van der Waals surface area contributed by atoms with E-state index in [2.05, 4.69) is 22.6 Å². The van der Waals surface area contributed by atoms with E-state index < -0.39 is 11.9 Å². The van der Waals surface area contributed by atoms with E-state index in [1.807, 2.05) is 0 Å². The van der Waals surface area contributed by atoms with Crippen molar-refractivity contribution in [2.75, 3.05) is 13.7 Å². The second-order valence-electron chi connectivity index (χ2n) is 1.38. The minimum absolute atomic E-state index is 0. The van der Waals surface area contributed by atoms with Crippen molar-refractivity contribution < 1.29 is 57.4 Å². The van der Waals surface area contributed by atoms with Gasteiger partial charge < -0.3 is 19.7 Å². The third kappa shape index (κ3) is 59.1. The SMILES string of the molecule is C.C=C([O-])OC.C=C([O-])OCC.[Li+].[Li+]. The standard InChI is InChI=1S/C4H8O2.C3H6O2.CH4.2Li/c1-3-6-4(2)5;1-3(4)5-2;;;/h5H,2-3H2,1H3;4H,1H2,2H3;1H4;;/q;;;2*+1/p-2. The Morgan fingerprint density at radius 3 is 1.43 bits per heavy atom. The summed E-state index contributed by atoms with van der Waals surface area (Å²) in [4.78, 5) is 0. The van der Waals surface area contributed by atoms with Crippen LogP contribution in [0.3, 0.4) is 0 Å². The first-order valence-electron chi connectivity index (χ1n) is 2.93. The van der Waals surface area contributed by atoms with Crippen LogP contribution < -0.4 is 47.9 Å². The number of hydrogen-bond donors (Lipinski definition) is 0. The average molecular weight is 190 g/mol. The van der Waals surface area contributed by atoms with Crippen molar-refractivity contribution in [3.05, 3.63) is 25.0 Å². The third-order valence-corrected chi connectivity index (χ3v) is 0.533. The quantitative estimate of drug-likeness (QED) is 0.328. The predicted molar refractivity (Wildman–Crippen MR) is 43.6 cm³/mol.